The van der Waals surface area contributed by atoms with Crippen molar-refractivity contribution in [3.8, 4) is 0 Å². The molecule has 0 unspecified atom stereocenters. The van der Waals surface area contributed by atoms with Gasteiger partial charge in [0, 0.05) is 28.6 Å². The fourth-order valence-corrected chi connectivity index (χ4v) is 6.21. The summed E-state index contributed by atoms with van der Waals surface area (Å²) in [5.74, 6) is -2.13. The average Bonchev–Trinajstić information content (AvgIpc) is 2.97. The smallest absolute Gasteiger partial charge is 0.372 e. The molecule has 1 amide bonds. The fraction of sp³-hybridized carbons (Fsp3) is 0.290. The zero-order valence-electron chi connectivity index (χ0n) is 25.2. The van der Waals surface area contributed by atoms with Crippen molar-refractivity contribution in [1.82, 2.24) is 15.0 Å². The van der Waals surface area contributed by atoms with E-state index in [9.17, 15) is 18.0 Å². The monoisotopic (exact) mass is 639 g/mol. The van der Waals surface area contributed by atoms with Crippen LogP contribution in [-0.2, 0) is 4.79 Å². The molecule has 4 aromatic rings. The molecule has 1 heterocycles. The lowest BCUT2D eigenvalue weighted by molar-refractivity contribution is -0.167. The molecule has 0 aliphatic rings. The number of aryl methyl sites for hydroxylation is 4. The van der Waals surface area contributed by atoms with Gasteiger partial charge in [-0.3, -0.25) is 4.79 Å². The van der Waals surface area contributed by atoms with Crippen LogP contribution in [0.15, 0.2) is 84.9 Å². The number of nitrogens with one attached hydrogen (secondary N) is 1. The number of amides is 1. The maximum Gasteiger partial charge on any atom is 0.471 e. The molecule has 44 heavy (non-hydrogen) atoms. The number of benzene rings is 3. The summed E-state index contributed by atoms with van der Waals surface area (Å²) in [6, 6.07) is 16.6. The van der Waals surface area contributed by atoms with Gasteiger partial charge in [0.05, 0.1) is 5.69 Å². The maximum atomic E-state index is 13.2. The van der Waals surface area contributed by atoms with Crippen LogP contribution in [0.4, 0.5) is 36.2 Å². The molecule has 3 aromatic carbocycles. The number of carbonyl (C=O) groups excluding carboxylic acids is 1. The topological polar surface area (TPSA) is 95.7 Å². The van der Waals surface area contributed by atoms with E-state index in [1.54, 1.807) is 6.07 Å². The lowest BCUT2D eigenvalue weighted by Crippen LogP contribution is -2.30. The van der Waals surface area contributed by atoms with E-state index < -0.39 is 12.1 Å². The molecule has 0 bridgehead atoms. The SMILES string of the molecule is CCN(CC)c1ccc(N=Nc2nc(Sc3c(C)cccc3C)nc(Sc3c(C)cccc3C)n2)c(NC(=O)C(F)(F)F)c1. The van der Waals surface area contributed by atoms with Crippen molar-refractivity contribution in [3.63, 3.8) is 0 Å². The standard InChI is InChI=1S/C31H32F3N7OS2/c1-7-41(8-2)22-15-16-23(24(17-22)35-27(42)31(32,33)34)39-40-28-36-29(43-25-18(3)11-9-12-19(25)4)38-30(37-28)44-26-20(5)13-10-14-21(26)6/h9-17H,7-8H2,1-6H3,(H,35,42). The lowest BCUT2D eigenvalue weighted by Gasteiger charge is -2.22. The van der Waals surface area contributed by atoms with E-state index in [4.69, 9.17) is 4.98 Å². The molecule has 0 saturated heterocycles. The molecule has 13 heteroatoms. The first-order chi connectivity index (χ1) is 20.9. The average molecular weight is 640 g/mol. The highest BCUT2D eigenvalue weighted by Gasteiger charge is 2.39. The van der Waals surface area contributed by atoms with Gasteiger partial charge >= 0.3 is 12.1 Å². The van der Waals surface area contributed by atoms with Crippen LogP contribution in [0.1, 0.15) is 36.1 Å². The van der Waals surface area contributed by atoms with Crippen LogP contribution in [0.2, 0.25) is 0 Å². The molecule has 0 radical (unpaired) electrons. The van der Waals surface area contributed by atoms with Gasteiger partial charge in [-0.05, 0) is 106 Å². The van der Waals surface area contributed by atoms with E-state index in [0.29, 0.717) is 29.1 Å². The highest BCUT2D eigenvalue weighted by Crippen LogP contribution is 2.37. The lowest BCUT2D eigenvalue weighted by atomic mass is 10.2. The predicted octanol–water partition coefficient (Wildman–Crippen LogP) is 9.17. The number of anilines is 2. The minimum absolute atomic E-state index is 0.0202. The summed E-state index contributed by atoms with van der Waals surface area (Å²) in [5, 5.41) is 11.1. The number of halogens is 3. The van der Waals surface area contributed by atoms with Gasteiger partial charge in [0.25, 0.3) is 5.95 Å². The van der Waals surface area contributed by atoms with Crippen LogP contribution in [0.5, 0.6) is 0 Å². The van der Waals surface area contributed by atoms with Crippen LogP contribution >= 0.6 is 23.5 Å². The molecule has 0 fully saturated rings. The number of alkyl halides is 3. The number of aromatic nitrogens is 3. The highest BCUT2D eigenvalue weighted by molar-refractivity contribution is 8.00. The van der Waals surface area contributed by atoms with E-state index in [0.717, 1.165) is 32.0 Å². The zero-order chi connectivity index (χ0) is 32.0. The van der Waals surface area contributed by atoms with E-state index >= 15 is 0 Å². The van der Waals surface area contributed by atoms with Crippen LogP contribution in [0, 0.1) is 27.7 Å². The number of nitrogens with zero attached hydrogens (tertiary/aromatic N) is 6. The van der Waals surface area contributed by atoms with E-state index in [1.165, 1.54) is 35.7 Å². The van der Waals surface area contributed by atoms with Gasteiger partial charge in [-0.25, -0.2) is 0 Å². The Morgan fingerprint density at radius 1 is 0.795 bits per heavy atom. The van der Waals surface area contributed by atoms with Gasteiger partial charge in [-0.15, -0.1) is 10.2 Å². The van der Waals surface area contributed by atoms with Gasteiger partial charge in [0.2, 0.25) is 0 Å². The molecule has 0 aliphatic heterocycles. The minimum Gasteiger partial charge on any atom is -0.372 e. The first kappa shape index (κ1) is 32.9. The van der Waals surface area contributed by atoms with Crippen molar-refractivity contribution in [1.29, 1.82) is 0 Å². The second-order valence-electron chi connectivity index (χ2n) is 9.87. The highest BCUT2D eigenvalue weighted by atomic mass is 32.2. The van der Waals surface area contributed by atoms with E-state index in [-0.39, 0.29) is 17.3 Å². The predicted molar refractivity (Wildman–Crippen MR) is 169 cm³/mol. The normalized spacial score (nSPS) is 11.7. The van der Waals surface area contributed by atoms with Crippen molar-refractivity contribution in [2.45, 2.75) is 67.8 Å². The summed E-state index contributed by atoms with van der Waals surface area (Å²) < 4.78 is 39.5. The van der Waals surface area contributed by atoms with Crippen molar-refractivity contribution < 1.29 is 18.0 Å². The minimum atomic E-state index is -5.08. The quantitative estimate of drug-likeness (QED) is 0.173. The summed E-state index contributed by atoms with van der Waals surface area (Å²) in [6.07, 6.45) is -5.08. The zero-order valence-corrected chi connectivity index (χ0v) is 26.8. The number of hydrogen-bond acceptors (Lipinski definition) is 9. The van der Waals surface area contributed by atoms with Crippen LogP contribution in [-0.4, -0.2) is 40.1 Å². The molecule has 0 saturated carbocycles. The Hall–Kier alpha value is -3.97. The van der Waals surface area contributed by atoms with Gasteiger partial charge in [0.15, 0.2) is 10.3 Å². The molecule has 4 rings (SSSR count). The van der Waals surface area contributed by atoms with Crippen molar-refractivity contribution in [2.24, 2.45) is 10.2 Å². The Labute approximate surface area is 263 Å². The molecular weight excluding hydrogens is 608 g/mol. The summed E-state index contributed by atoms with van der Waals surface area (Å²) in [5.41, 5.74) is 4.74. The van der Waals surface area contributed by atoms with Gasteiger partial charge in [-0.2, -0.15) is 28.1 Å². The second-order valence-corrected chi connectivity index (χ2v) is 11.8. The molecule has 1 N–H and O–H groups in total. The third-order valence-electron chi connectivity index (χ3n) is 6.65. The van der Waals surface area contributed by atoms with Gasteiger partial charge < -0.3 is 10.2 Å². The van der Waals surface area contributed by atoms with Crippen LogP contribution < -0.4 is 10.2 Å². The Balaban J connectivity index is 1.77. The maximum absolute atomic E-state index is 13.2. The van der Waals surface area contributed by atoms with Crippen molar-refractivity contribution in [3.05, 3.63) is 76.9 Å². The first-order valence-electron chi connectivity index (χ1n) is 13.8. The molecule has 0 aliphatic carbocycles. The Morgan fingerprint density at radius 3 is 1.75 bits per heavy atom. The van der Waals surface area contributed by atoms with E-state index in [1.807, 2.05) is 88.2 Å². The number of azo groups is 1. The third-order valence-corrected chi connectivity index (χ3v) is 9.07. The van der Waals surface area contributed by atoms with Crippen LogP contribution in [0.25, 0.3) is 0 Å². The molecule has 0 spiro atoms. The van der Waals surface area contributed by atoms with Crippen molar-refractivity contribution in [2.75, 3.05) is 23.3 Å². The Bertz CT molecular complexity index is 1580. The number of hydrogen-bond donors (Lipinski definition) is 1. The number of rotatable bonds is 10. The second kappa shape index (κ2) is 14.2. The van der Waals surface area contributed by atoms with Crippen molar-refractivity contribution >= 4 is 52.4 Å². The summed E-state index contributed by atoms with van der Waals surface area (Å²) in [6.45, 7) is 13.1. The first-order valence-corrected chi connectivity index (χ1v) is 15.5. The summed E-state index contributed by atoms with van der Waals surface area (Å²) >= 11 is 2.74. The summed E-state index contributed by atoms with van der Waals surface area (Å²) in [4.78, 5) is 29.5. The fourth-order valence-electron chi connectivity index (χ4n) is 4.36. The largest absolute Gasteiger partial charge is 0.471 e. The van der Waals surface area contributed by atoms with Gasteiger partial charge in [-0.1, -0.05) is 36.4 Å². The molecule has 8 nitrogen and oxygen atoms in total. The van der Waals surface area contributed by atoms with Crippen LogP contribution in [0.3, 0.4) is 0 Å². The Morgan fingerprint density at radius 2 is 1.30 bits per heavy atom. The molecule has 1 aromatic heterocycles. The third kappa shape index (κ3) is 8.14. The summed E-state index contributed by atoms with van der Waals surface area (Å²) in [7, 11) is 0. The molecule has 0 atom stereocenters. The molecule has 230 valence electrons. The van der Waals surface area contributed by atoms with Gasteiger partial charge in [0.1, 0.15) is 5.69 Å². The van der Waals surface area contributed by atoms with E-state index in [2.05, 4.69) is 20.2 Å². The Kier molecular flexibility index (Phi) is 10.6. The number of carbonyl (C=O) groups is 1. The molecular formula is C31H32F3N7OS2.